The van der Waals surface area contributed by atoms with E-state index < -0.39 is 12.0 Å². The number of amides is 1. The van der Waals surface area contributed by atoms with E-state index in [2.05, 4.69) is 0 Å². The molecule has 3 N–H and O–H groups in total. The van der Waals surface area contributed by atoms with Gasteiger partial charge in [0.15, 0.2) is 11.9 Å². The van der Waals surface area contributed by atoms with E-state index in [0.29, 0.717) is 5.56 Å². The van der Waals surface area contributed by atoms with Crippen LogP contribution in [0.1, 0.15) is 22.8 Å². The molecule has 1 unspecified atom stereocenters. The first-order chi connectivity index (χ1) is 8.45. The third kappa shape index (κ3) is 1.89. The number of nitrogens with one attached hydrogen (secondary N) is 1. The lowest BCUT2D eigenvalue weighted by Crippen LogP contribution is -2.35. The molecule has 96 valence electrons. The van der Waals surface area contributed by atoms with Crippen molar-refractivity contribution in [3.8, 4) is 11.5 Å². The van der Waals surface area contributed by atoms with Gasteiger partial charge in [-0.05, 0) is 13.0 Å². The van der Waals surface area contributed by atoms with Crippen molar-refractivity contribution >= 4 is 23.3 Å². The van der Waals surface area contributed by atoms with Gasteiger partial charge in [-0.2, -0.15) is 0 Å². The van der Waals surface area contributed by atoms with Gasteiger partial charge < -0.3 is 9.84 Å². The summed E-state index contributed by atoms with van der Waals surface area (Å²) in [5, 5.41) is 18.2. The lowest BCUT2D eigenvalue weighted by molar-refractivity contribution is -0.135. The molecular weight excluding hydrogens is 262 g/mol. The number of carbonyl (C=O) groups excluding carboxylic acids is 2. The minimum Gasteiger partial charge on any atom is -0.505 e. The summed E-state index contributed by atoms with van der Waals surface area (Å²) in [5.41, 5.74) is 2.09. The van der Waals surface area contributed by atoms with Crippen LogP contribution in [-0.2, 0) is 11.2 Å². The van der Waals surface area contributed by atoms with Crippen molar-refractivity contribution in [2.45, 2.75) is 19.4 Å². The third-order valence-electron chi connectivity index (χ3n) is 2.72. The van der Waals surface area contributed by atoms with Gasteiger partial charge in [0.05, 0.1) is 5.56 Å². The molecule has 18 heavy (non-hydrogen) atoms. The quantitative estimate of drug-likeness (QED) is 0.425. The molecule has 1 aromatic rings. The van der Waals surface area contributed by atoms with Crippen LogP contribution in [0.4, 0.5) is 0 Å². The van der Waals surface area contributed by atoms with Gasteiger partial charge in [0.25, 0.3) is 5.91 Å². The topological polar surface area (TPSA) is 95.9 Å². The number of ether oxygens (including phenoxy) is 1. The van der Waals surface area contributed by atoms with Gasteiger partial charge in [-0.25, -0.2) is 5.48 Å². The van der Waals surface area contributed by atoms with Gasteiger partial charge in [0.2, 0.25) is 0 Å². The van der Waals surface area contributed by atoms with E-state index in [9.17, 15) is 14.7 Å². The normalized spacial score (nSPS) is 16.9. The Morgan fingerprint density at radius 1 is 1.56 bits per heavy atom. The van der Waals surface area contributed by atoms with E-state index in [4.69, 9.17) is 21.5 Å². The van der Waals surface area contributed by atoms with Crippen molar-refractivity contribution in [3.63, 3.8) is 0 Å². The lowest BCUT2D eigenvalue weighted by Gasteiger charge is -2.09. The van der Waals surface area contributed by atoms with E-state index in [0.717, 1.165) is 0 Å². The van der Waals surface area contributed by atoms with Crippen LogP contribution in [0.25, 0.3) is 0 Å². The molecule has 1 aromatic carbocycles. The van der Waals surface area contributed by atoms with Crippen molar-refractivity contribution in [3.05, 3.63) is 22.2 Å². The fourth-order valence-corrected chi connectivity index (χ4v) is 2.09. The van der Waals surface area contributed by atoms with E-state index in [-0.39, 0.29) is 34.3 Å². The highest BCUT2D eigenvalue weighted by Crippen LogP contribution is 2.43. The monoisotopic (exact) mass is 271 g/mol. The SMILES string of the molecule is CC(=O)c1cc2c(c(Cl)c1O)OC(C(=O)NO)C2. The molecule has 0 fully saturated rings. The molecule has 2 rings (SSSR count). The van der Waals surface area contributed by atoms with Gasteiger partial charge >= 0.3 is 0 Å². The first-order valence-electron chi connectivity index (χ1n) is 5.11. The Kier molecular flexibility index (Phi) is 3.14. The highest BCUT2D eigenvalue weighted by atomic mass is 35.5. The molecule has 1 heterocycles. The second-order valence-electron chi connectivity index (χ2n) is 3.92. The molecular formula is C11H10ClNO5. The Balaban J connectivity index is 2.45. The Labute approximate surface area is 107 Å². The number of phenolic OH excluding ortho intramolecular Hbond substituents is 1. The first kappa shape index (κ1) is 12.7. The molecule has 0 bridgehead atoms. The maximum absolute atomic E-state index is 11.3. The fourth-order valence-electron chi connectivity index (χ4n) is 1.82. The number of Topliss-reactive ketones (excluding diaryl/α,β-unsaturated/α-hetero) is 1. The second kappa shape index (κ2) is 4.47. The number of benzene rings is 1. The Morgan fingerprint density at radius 3 is 2.78 bits per heavy atom. The average Bonchev–Trinajstić information content (AvgIpc) is 2.76. The zero-order valence-corrected chi connectivity index (χ0v) is 10.1. The summed E-state index contributed by atoms with van der Waals surface area (Å²) in [6.07, 6.45) is -0.758. The maximum Gasteiger partial charge on any atom is 0.284 e. The Bertz CT molecular complexity index is 543. The van der Waals surface area contributed by atoms with Crippen LogP contribution in [-0.4, -0.2) is 28.1 Å². The van der Waals surface area contributed by atoms with Crippen molar-refractivity contribution in [1.82, 2.24) is 5.48 Å². The number of ketones is 1. The van der Waals surface area contributed by atoms with Gasteiger partial charge in [0.1, 0.15) is 16.5 Å². The van der Waals surface area contributed by atoms with E-state index in [1.54, 1.807) is 0 Å². The van der Waals surface area contributed by atoms with E-state index in [1.807, 2.05) is 0 Å². The summed E-state index contributed by atoms with van der Waals surface area (Å²) in [4.78, 5) is 22.6. The molecule has 1 amide bonds. The zero-order chi connectivity index (χ0) is 13.4. The Hall–Kier alpha value is -1.79. The molecule has 1 atom stereocenters. The van der Waals surface area contributed by atoms with Crippen LogP contribution in [0, 0.1) is 0 Å². The van der Waals surface area contributed by atoms with Crippen molar-refractivity contribution in [2.24, 2.45) is 0 Å². The molecule has 0 aliphatic carbocycles. The number of carbonyl (C=O) groups is 2. The number of hydroxylamine groups is 1. The van der Waals surface area contributed by atoms with Crippen LogP contribution in [0.15, 0.2) is 6.07 Å². The van der Waals surface area contributed by atoms with Gasteiger partial charge in [-0.1, -0.05) is 11.6 Å². The highest BCUT2D eigenvalue weighted by Gasteiger charge is 2.33. The summed E-state index contributed by atoms with van der Waals surface area (Å²) in [5.74, 6) is -1.26. The Morgan fingerprint density at radius 2 is 2.22 bits per heavy atom. The fraction of sp³-hybridized carbons (Fsp3) is 0.273. The summed E-state index contributed by atoms with van der Waals surface area (Å²) >= 11 is 5.88. The van der Waals surface area contributed by atoms with E-state index >= 15 is 0 Å². The third-order valence-corrected chi connectivity index (χ3v) is 3.07. The lowest BCUT2D eigenvalue weighted by atomic mass is 10.0. The summed E-state index contributed by atoms with van der Waals surface area (Å²) < 4.78 is 5.23. The van der Waals surface area contributed by atoms with E-state index in [1.165, 1.54) is 18.5 Å². The minimum atomic E-state index is -0.927. The standard InChI is InChI=1S/C11H10ClNO5/c1-4(14)6-2-5-3-7(11(16)13-17)18-10(5)8(12)9(6)15/h2,7,15,17H,3H2,1H3,(H,13,16). The van der Waals surface area contributed by atoms with Crippen LogP contribution < -0.4 is 10.2 Å². The molecule has 7 heteroatoms. The predicted octanol–water partition coefficient (Wildman–Crippen LogP) is 1.06. The van der Waals surface area contributed by atoms with Crippen LogP contribution in [0.2, 0.25) is 5.02 Å². The summed E-state index contributed by atoms with van der Waals surface area (Å²) in [6.45, 7) is 1.30. The molecule has 0 saturated heterocycles. The predicted molar refractivity (Wildman–Crippen MR) is 61.2 cm³/mol. The van der Waals surface area contributed by atoms with Crippen molar-refractivity contribution in [1.29, 1.82) is 0 Å². The van der Waals surface area contributed by atoms with Crippen LogP contribution in [0.5, 0.6) is 11.5 Å². The molecule has 0 spiro atoms. The smallest absolute Gasteiger partial charge is 0.284 e. The molecule has 0 saturated carbocycles. The molecule has 1 aliphatic rings. The largest absolute Gasteiger partial charge is 0.505 e. The van der Waals surface area contributed by atoms with Gasteiger partial charge in [-0.15, -0.1) is 0 Å². The zero-order valence-electron chi connectivity index (χ0n) is 9.36. The molecule has 0 radical (unpaired) electrons. The van der Waals surface area contributed by atoms with Crippen LogP contribution in [0.3, 0.4) is 0 Å². The molecule has 1 aliphatic heterocycles. The summed E-state index contributed by atoms with van der Waals surface area (Å²) in [6, 6.07) is 1.43. The number of aromatic hydroxyl groups is 1. The number of phenols is 1. The van der Waals surface area contributed by atoms with Gasteiger partial charge in [-0.3, -0.25) is 14.8 Å². The molecule has 0 aromatic heterocycles. The van der Waals surface area contributed by atoms with Crippen molar-refractivity contribution in [2.75, 3.05) is 0 Å². The number of halogens is 1. The second-order valence-corrected chi connectivity index (χ2v) is 4.30. The number of fused-ring (bicyclic) bond motifs is 1. The number of hydrogen-bond donors (Lipinski definition) is 3. The minimum absolute atomic E-state index is 0.0763. The number of hydrogen-bond acceptors (Lipinski definition) is 5. The van der Waals surface area contributed by atoms with Gasteiger partial charge in [0, 0.05) is 12.0 Å². The number of rotatable bonds is 2. The van der Waals surface area contributed by atoms with Crippen LogP contribution >= 0.6 is 11.6 Å². The summed E-state index contributed by atoms with van der Waals surface area (Å²) in [7, 11) is 0. The maximum atomic E-state index is 11.3. The average molecular weight is 272 g/mol. The molecule has 6 nitrogen and oxygen atoms in total. The highest BCUT2D eigenvalue weighted by molar-refractivity contribution is 6.34. The van der Waals surface area contributed by atoms with Crippen molar-refractivity contribution < 1.29 is 24.6 Å². The first-order valence-corrected chi connectivity index (χ1v) is 5.49.